The maximum atomic E-state index is 12.0. The fourth-order valence-electron chi connectivity index (χ4n) is 2.24. The van der Waals surface area contributed by atoms with Crippen LogP contribution in [0.5, 0.6) is 0 Å². The van der Waals surface area contributed by atoms with Crippen molar-refractivity contribution < 1.29 is 4.79 Å². The van der Waals surface area contributed by atoms with Crippen molar-refractivity contribution in [3.05, 3.63) is 35.4 Å². The molecule has 3 heteroatoms. The predicted octanol–water partition coefficient (Wildman–Crippen LogP) is 2.42. The Balaban J connectivity index is 2.02. The Bertz CT molecular complexity index is 444. The van der Waals surface area contributed by atoms with Crippen LogP contribution in [0.3, 0.4) is 0 Å². The topological polar surface area (TPSA) is 52.9 Å². The molecule has 2 unspecified atom stereocenters. The zero-order chi connectivity index (χ0) is 12.3. The van der Waals surface area contributed by atoms with Gasteiger partial charge in [0.25, 0.3) is 5.91 Å². The standard InChI is InChI=1S/C14H16N2O/c1-10-5-7-11(8-6-10)14(17)16-13-4-2-3-12(13)9-15/h5-8,12-13H,2-4H2,1H3,(H,16,17). The van der Waals surface area contributed by atoms with Crippen LogP contribution in [0, 0.1) is 24.2 Å². The molecule has 0 bridgehead atoms. The number of carbonyl (C=O) groups excluding carboxylic acids is 1. The maximum Gasteiger partial charge on any atom is 0.251 e. The van der Waals surface area contributed by atoms with Gasteiger partial charge in [0.1, 0.15) is 0 Å². The summed E-state index contributed by atoms with van der Waals surface area (Å²) in [4.78, 5) is 12.0. The van der Waals surface area contributed by atoms with E-state index in [4.69, 9.17) is 5.26 Å². The van der Waals surface area contributed by atoms with Crippen LogP contribution < -0.4 is 5.32 Å². The normalized spacial score (nSPS) is 23.1. The molecule has 17 heavy (non-hydrogen) atoms. The van der Waals surface area contributed by atoms with E-state index in [1.165, 1.54) is 0 Å². The second-order valence-corrected chi connectivity index (χ2v) is 4.61. The first kappa shape index (κ1) is 11.7. The molecular formula is C14H16N2O. The predicted molar refractivity (Wildman–Crippen MR) is 65.4 cm³/mol. The average Bonchev–Trinajstić information content (AvgIpc) is 2.77. The summed E-state index contributed by atoms with van der Waals surface area (Å²) >= 11 is 0. The van der Waals surface area contributed by atoms with Crippen molar-refractivity contribution in [2.75, 3.05) is 0 Å². The minimum absolute atomic E-state index is 0.0220. The van der Waals surface area contributed by atoms with E-state index in [-0.39, 0.29) is 17.9 Å². The molecule has 1 N–H and O–H groups in total. The van der Waals surface area contributed by atoms with Gasteiger partial charge in [-0.2, -0.15) is 5.26 Å². The van der Waals surface area contributed by atoms with Gasteiger partial charge in [-0.25, -0.2) is 0 Å². The molecule has 0 saturated heterocycles. The average molecular weight is 228 g/mol. The van der Waals surface area contributed by atoms with Crippen molar-refractivity contribution in [1.82, 2.24) is 5.32 Å². The highest BCUT2D eigenvalue weighted by Gasteiger charge is 2.28. The number of hydrogen-bond donors (Lipinski definition) is 1. The minimum Gasteiger partial charge on any atom is -0.348 e. The van der Waals surface area contributed by atoms with Gasteiger partial charge in [0, 0.05) is 11.6 Å². The van der Waals surface area contributed by atoms with Gasteiger partial charge in [-0.3, -0.25) is 4.79 Å². The molecule has 2 rings (SSSR count). The number of nitriles is 1. The molecule has 3 nitrogen and oxygen atoms in total. The van der Waals surface area contributed by atoms with Crippen molar-refractivity contribution in [3.63, 3.8) is 0 Å². The van der Waals surface area contributed by atoms with Crippen molar-refractivity contribution in [2.24, 2.45) is 5.92 Å². The molecular weight excluding hydrogens is 212 g/mol. The molecule has 1 fully saturated rings. The van der Waals surface area contributed by atoms with E-state index in [9.17, 15) is 4.79 Å². The molecule has 1 aliphatic carbocycles. The van der Waals surface area contributed by atoms with E-state index in [1.54, 1.807) is 0 Å². The molecule has 0 spiro atoms. The van der Waals surface area contributed by atoms with Crippen LogP contribution in [-0.2, 0) is 0 Å². The molecule has 1 saturated carbocycles. The lowest BCUT2D eigenvalue weighted by atomic mass is 10.0. The second kappa shape index (κ2) is 5.01. The quantitative estimate of drug-likeness (QED) is 0.845. The Kier molecular flexibility index (Phi) is 3.43. The molecule has 88 valence electrons. The van der Waals surface area contributed by atoms with Gasteiger partial charge in [-0.15, -0.1) is 0 Å². The van der Waals surface area contributed by atoms with Crippen molar-refractivity contribution in [2.45, 2.75) is 32.2 Å². The van der Waals surface area contributed by atoms with Gasteiger partial charge in [0.2, 0.25) is 0 Å². The Morgan fingerprint density at radius 1 is 1.35 bits per heavy atom. The van der Waals surface area contributed by atoms with E-state index in [0.29, 0.717) is 5.56 Å². The van der Waals surface area contributed by atoms with Crippen molar-refractivity contribution in [1.29, 1.82) is 5.26 Å². The molecule has 0 aliphatic heterocycles. The van der Waals surface area contributed by atoms with Crippen LogP contribution in [0.1, 0.15) is 35.2 Å². The Hall–Kier alpha value is -1.82. The molecule has 1 aliphatic rings. The van der Waals surface area contributed by atoms with Gasteiger partial charge >= 0.3 is 0 Å². The van der Waals surface area contributed by atoms with Gasteiger partial charge in [0.05, 0.1) is 12.0 Å². The van der Waals surface area contributed by atoms with Crippen LogP contribution >= 0.6 is 0 Å². The van der Waals surface area contributed by atoms with E-state index < -0.39 is 0 Å². The second-order valence-electron chi connectivity index (χ2n) is 4.61. The number of aryl methyl sites for hydroxylation is 1. The van der Waals surface area contributed by atoms with Crippen molar-refractivity contribution in [3.8, 4) is 6.07 Å². The van der Waals surface area contributed by atoms with Gasteiger partial charge in [-0.1, -0.05) is 17.7 Å². The summed E-state index contributed by atoms with van der Waals surface area (Å²) in [6.45, 7) is 1.99. The molecule has 2 atom stereocenters. The molecule has 1 aromatic rings. The minimum atomic E-state index is -0.0721. The summed E-state index contributed by atoms with van der Waals surface area (Å²) in [6, 6.07) is 9.77. The van der Waals surface area contributed by atoms with Gasteiger partial charge in [0.15, 0.2) is 0 Å². The number of benzene rings is 1. The summed E-state index contributed by atoms with van der Waals surface area (Å²) in [7, 11) is 0. The van der Waals surface area contributed by atoms with Crippen LogP contribution in [0.4, 0.5) is 0 Å². The smallest absolute Gasteiger partial charge is 0.251 e. The highest BCUT2D eigenvalue weighted by molar-refractivity contribution is 5.94. The van der Waals surface area contributed by atoms with Crippen LogP contribution in [-0.4, -0.2) is 11.9 Å². The summed E-state index contributed by atoms with van der Waals surface area (Å²) < 4.78 is 0. The molecule has 0 aromatic heterocycles. The van der Waals surface area contributed by atoms with Crippen LogP contribution in [0.25, 0.3) is 0 Å². The van der Waals surface area contributed by atoms with Gasteiger partial charge in [-0.05, 0) is 38.3 Å². The lowest BCUT2D eigenvalue weighted by Gasteiger charge is -2.15. The largest absolute Gasteiger partial charge is 0.348 e. The monoisotopic (exact) mass is 228 g/mol. The number of rotatable bonds is 2. The van der Waals surface area contributed by atoms with E-state index in [2.05, 4.69) is 11.4 Å². The van der Waals surface area contributed by atoms with E-state index in [1.807, 2.05) is 31.2 Å². The highest BCUT2D eigenvalue weighted by atomic mass is 16.1. The highest BCUT2D eigenvalue weighted by Crippen LogP contribution is 2.25. The molecule has 0 radical (unpaired) electrons. The number of carbonyl (C=O) groups is 1. The zero-order valence-corrected chi connectivity index (χ0v) is 9.94. The third kappa shape index (κ3) is 2.65. The third-order valence-corrected chi connectivity index (χ3v) is 3.31. The maximum absolute atomic E-state index is 12.0. The van der Waals surface area contributed by atoms with Crippen LogP contribution in [0.15, 0.2) is 24.3 Å². The number of hydrogen-bond acceptors (Lipinski definition) is 2. The van der Waals surface area contributed by atoms with Gasteiger partial charge < -0.3 is 5.32 Å². The SMILES string of the molecule is Cc1ccc(C(=O)NC2CCCC2C#N)cc1. The Morgan fingerprint density at radius 2 is 2.06 bits per heavy atom. The third-order valence-electron chi connectivity index (χ3n) is 3.31. The number of amides is 1. The lowest BCUT2D eigenvalue weighted by molar-refractivity contribution is 0.0933. The number of nitrogens with one attached hydrogen (secondary N) is 1. The first-order valence-corrected chi connectivity index (χ1v) is 5.98. The lowest BCUT2D eigenvalue weighted by Crippen LogP contribution is -2.36. The Morgan fingerprint density at radius 3 is 2.71 bits per heavy atom. The fraction of sp³-hybridized carbons (Fsp3) is 0.429. The van der Waals surface area contributed by atoms with E-state index in [0.717, 1.165) is 24.8 Å². The molecule has 0 heterocycles. The summed E-state index contributed by atoms with van der Waals surface area (Å²) in [5.74, 6) is -0.0958. The fourth-order valence-corrected chi connectivity index (χ4v) is 2.24. The molecule has 1 aromatic carbocycles. The van der Waals surface area contributed by atoms with E-state index >= 15 is 0 Å². The van der Waals surface area contributed by atoms with Crippen molar-refractivity contribution >= 4 is 5.91 Å². The Labute approximate surface area is 101 Å². The summed E-state index contributed by atoms with van der Waals surface area (Å²) in [5.41, 5.74) is 1.80. The summed E-state index contributed by atoms with van der Waals surface area (Å²) in [6.07, 6.45) is 2.84. The number of nitrogens with zero attached hydrogens (tertiary/aromatic N) is 1. The zero-order valence-electron chi connectivity index (χ0n) is 9.94. The first-order valence-electron chi connectivity index (χ1n) is 5.98. The van der Waals surface area contributed by atoms with Crippen LogP contribution in [0.2, 0.25) is 0 Å². The molecule has 1 amide bonds. The summed E-state index contributed by atoms with van der Waals surface area (Å²) in [5, 5.41) is 11.9. The first-order chi connectivity index (χ1) is 8.20.